The molecule has 2 aromatic carbocycles. The quantitative estimate of drug-likeness (QED) is 0.313. The van der Waals surface area contributed by atoms with Crippen LogP contribution >= 0.6 is 0 Å². The summed E-state index contributed by atoms with van der Waals surface area (Å²) >= 11 is 0. The number of halogens is 6. The molecule has 0 radical (unpaired) electrons. The van der Waals surface area contributed by atoms with E-state index in [2.05, 4.69) is 0 Å². The van der Waals surface area contributed by atoms with Crippen LogP contribution in [0.2, 0.25) is 0 Å². The lowest BCUT2D eigenvalue weighted by Crippen LogP contribution is -2.57. The van der Waals surface area contributed by atoms with Gasteiger partial charge in [0.25, 0.3) is 5.79 Å². The summed E-state index contributed by atoms with van der Waals surface area (Å²) in [5.74, 6) is -8.49. The molecule has 2 aromatic rings. The Hall–Kier alpha value is -3.30. The fourth-order valence-corrected chi connectivity index (χ4v) is 3.70. The van der Waals surface area contributed by atoms with Crippen LogP contribution in [0.15, 0.2) is 60.7 Å². The van der Waals surface area contributed by atoms with Crippen LogP contribution in [0.4, 0.5) is 37.7 Å². The summed E-state index contributed by atoms with van der Waals surface area (Å²) in [5.41, 5.74) is 13.0. The molecule has 0 aliphatic heterocycles. The first kappa shape index (κ1) is 24.3. The lowest BCUT2D eigenvalue weighted by atomic mass is 9.80. The molecule has 0 saturated heterocycles. The highest BCUT2D eigenvalue weighted by molar-refractivity contribution is 5.49. The first-order chi connectivity index (χ1) is 15.2. The van der Waals surface area contributed by atoms with E-state index in [0.717, 1.165) is 18.2 Å². The normalized spacial score (nSPS) is 17.9. The number of hydrogen-bond acceptors (Lipinski definition) is 4. The smallest absolute Gasteiger partial charge is 0.401 e. The van der Waals surface area contributed by atoms with Gasteiger partial charge in [-0.1, -0.05) is 18.2 Å². The van der Waals surface area contributed by atoms with Gasteiger partial charge in [0.1, 0.15) is 11.5 Å². The van der Waals surface area contributed by atoms with Crippen molar-refractivity contribution in [3.05, 3.63) is 71.8 Å². The number of rotatable bonds is 5. The van der Waals surface area contributed by atoms with E-state index in [4.69, 9.17) is 20.9 Å². The SMILES string of the molecule is Cc1cc(N)ccc1OC1(Oc2ccc(N)cc2C)C=CC=CC1C(C(F)(F)F)C(F)(F)F. The topological polar surface area (TPSA) is 70.5 Å². The lowest BCUT2D eigenvalue weighted by molar-refractivity contribution is -0.314. The second-order valence-electron chi connectivity index (χ2n) is 7.81. The van der Waals surface area contributed by atoms with Gasteiger partial charge in [-0.3, -0.25) is 0 Å². The van der Waals surface area contributed by atoms with Crippen LogP contribution < -0.4 is 20.9 Å². The van der Waals surface area contributed by atoms with Crippen molar-refractivity contribution in [3.8, 4) is 11.5 Å². The molecule has 4 nitrogen and oxygen atoms in total. The van der Waals surface area contributed by atoms with Gasteiger partial charge in [0.05, 0.1) is 5.92 Å². The number of alkyl halides is 6. The van der Waals surface area contributed by atoms with E-state index < -0.39 is 30.0 Å². The summed E-state index contributed by atoms with van der Waals surface area (Å²) in [4.78, 5) is 0. The molecule has 0 bridgehead atoms. The summed E-state index contributed by atoms with van der Waals surface area (Å²) in [6.45, 7) is 3.13. The molecule has 0 heterocycles. The summed E-state index contributed by atoms with van der Waals surface area (Å²) in [7, 11) is 0. The van der Waals surface area contributed by atoms with Crippen molar-refractivity contribution in [1.29, 1.82) is 0 Å². The van der Waals surface area contributed by atoms with E-state index in [0.29, 0.717) is 22.5 Å². The molecule has 33 heavy (non-hydrogen) atoms. The molecule has 0 fully saturated rings. The van der Waals surface area contributed by atoms with Crippen LogP contribution in [0.25, 0.3) is 0 Å². The molecule has 10 heteroatoms. The van der Waals surface area contributed by atoms with Gasteiger partial charge in [-0.15, -0.1) is 0 Å². The van der Waals surface area contributed by atoms with Gasteiger partial charge >= 0.3 is 12.4 Å². The number of allylic oxidation sites excluding steroid dienone is 2. The van der Waals surface area contributed by atoms with Crippen LogP contribution in [0.5, 0.6) is 11.5 Å². The van der Waals surface area contributed by atoms with Crippen LogP contribution in [-0.2, 0) is 0 Å². The second-order valence-corrected chi connectivity index (χ2v) is 7.81. The summed E-state index contributed by atoms with van der Waals surface area (Å²) < 4.78 is 94.3. The fraction of sp³-hybridized carbons (Fsp3) is 0.304. The van der Waals surface area contributed by atoms with E-state index >= 15 is 0 Å². The molecule has 0 amide bonds. The molecular formula is C23H22F6N2O2. The zero-order valence-electron chi connectivity index (χ0n) is 17.7. The predicted octanol–water partition coefficient (Wildman–Crippen LogP) is 6.10. The molecule has 0 spiro atoms. The Balaban J connectivity index is 2.20. The van der Waals surface area contributed by atoms with Crippen molar-refractivity contribution in [2.45, 2.75) is 32.0 Å². The van der Waals surface area contributed by atoms with E-state index in [9.17, 15) is 26.3 Å². The number of aryl methyl sites for hydroxylation is 2. The third-order valence-corrected chi connectivity index (χ3v) is 5.22. The fourth-order valence-electron chi connectivity index (χ4n) is 3.70. The van der Waals surface area contributed by atoms with E-state index in [1.165, 1.54) is 42.5 Å². The van der Waals surface area contributed by atoms with Crippen molar-refractivity contribution in [1.82, 2.24) is 0 Å². The molecule has 0 saturated carbocycles. The Bertz CT molecular complexity index is 1010. The molecule has 1 aliphatic carbocycles. The maximum Gasteiger partial charge on any atom is 0.401 e. The van der Waals surface area contributed by atoms with Crippen molar-refractivity contribution in [2.75, 3.05) is 11.5 Å². The minimum Gasteiger partial charge on any atom is -0.448 e. The van der Waals surface area contributed by atoms with Gasteiger partial charge in [0.15, 0.2) is 5.92 Å². The lowest BCUT2D eigenvalue weighted by Gasteiger charge is -2.43. The predicted molar refractivity (Wildman–Crippen MR) is 113 cm³/mol. The van der Waals surface area contributed by atoms with Crippen LogP contribution in [0.3, 0.4) is 0 Å². The minimum atomic E-state index is -5.62. The molecule has 0 aromatic heterocycles. The Morgan fingerprint density at radius 2 is 1.24 bits per heavy atom. The third kappa shape index (κ3) is 5.20. The molecule has 3 rings (SSSR count). The first-order valence-electron chi connectivity index (χ1n) is 9.83. The average Bonchev–Trinajstić information content (AvgIpc) is 2.66. The standard InChI is InChI=1S/C23H22F6N2O2/c1-13-11-15(30)6-8-18(13)32-21(33-19-9-7-16(31)12-14(19)2)10-4-3-5-17(21)20(22(24,25)26)23(27,28)29/h3-12,17,20H,30-31H2,1-2H3. The average molecular weight is 472 g/mol. The molecule has 1 unspecified atom stereocenters. The first-order valence-corrected chi connectivity index (χ1v) is 9.83. The highest BCUT2D eigenvalue weighted by Gasteiger charge is 2.65. The summed E-state index contributed by atoms with van der Waals surface area (Å²) in [6.07, 6.45) is -7.02. The summed E-state index contributed by atoms with van der Waals surface area (Å²) in [6, 6.07) is 8.55. The number of hydrogen-bond donors (Lipinski definition) is 2. The van der Waals surface area contributed by atoms with Crippen molar-refractivity contribution in [3.63, 3.8) is 0 Å². The largest absolute Gasteiger partial charge is 0.448 e. The van der Waals surface area contributed by atoms with Gasteiger partial charge in [0.2, 0.25) is 0 Å². The van der Waals surface area contributed by atoms with Crippen molar-refractivity contribution >= 4 is 11.4 Å². The van der Waals surface area contributed by atoms with Gasteiger partial charge in [-0.05, 0) is 61.4 Å². The number of nitrogens with two attached hydrogens (primary N) is 2. The third-order valence-electron chi connectivity index (χ3n) is 5.22. The minimum absolute atomic E-state index is 0.0188. The second kappa shape index (κ2) is 8.57. The van der Waals surface area contributed by atoms with E-state index in [-0.39, 0.29) is 11.5 Å². The molecule has 1 atom stereocenters. The molecular weight excluding hydrogens is 450 g/mol. The highest BCUT2D eigenvalue weighted by Crippen LogP contribution is 2.50. The maximum absolute atomic E-state index is 13.8. The van der Waals surface area contributed by atoms with Gasteiger partial charge in [-0.2, -0.15) is 26.3 Å². The number of ether oxygens (including phenoxy) is 2. The molecule has 4 N–H and O–H groups in total. The monoisotopic (exact) mass is 472 g/mol. The van der Waals surface area contributed by atoms with Gasteiger partial charge in [-0.25, -0.2) is 0 Å². The number of anilines is 2. The summed E-state index contributed by atoms with van der Waals surface area (Å²) in [5, 5.41) is 0. The number of benzene rings is 2. The highest BCUT2D eigenvalue weighted by atomic mass is 19.4. The van der Waals surface area contributed by atoms with Crippen LogP contribution in [-0.4, -0.2) is 18.1 Å². The Morgan fingerprint density at radius 1 is 0.788 bits per heavy atom. The zero-order chi connectivity index (χ0) is 24.6. The zero-order valence-corrected chi connectivity index (χ0v) is 17.7. The maximum atomic E-state index is 13.8. The Kier molecular flexibility index (Phi) is 6.32. The van der Waals surface area contributed by atoms with Gasteiger partial charge < -0.3 is 20.9 Å². The molecule has 1 aliphatic rings. The Labute approximate surface area is 186 Å². The van der Waals surface area contributed by atoms with Gasteiger partial charge in [0, 0.05) is 17.5 Å². The van der Waals surface area contributed by atoms with E-state index in [1.807, 2.05) is 0 Å². The van der Waals surface area contributed by atoms with Crippen LogP contribution in [0.1, 0.15) is 11.1 Å². The van der Waals surface area contributed by atoms with Crippen molar-refractivity contribution in [2.24, 2.45) is 11.8 Å². The Morgan fingerprint density at radius 3 is 1.64 bits per heavy atom. The van der Waals surface area contributed by atoms with Crippen LogP contribution in [0, 0.1) is 25.7 Å². The van der Waals surface area contributed by atoms with Crippen molar-refractivity contribution < 1.29 is 35.8 Å². The molecule has 178 valence electrons. The van der Waals surface area contributed by atoms with E-state index in [1.54, 1.807) is 13.8 Å². The number of nitrogen functional groups attached to an aromatic ring is 2.